The average Bonchev–Trinajstić information content (AvgIpc) is 2.88. The molecule has 3 atom stereocenters. The zero-order chi connectivity index (χ0) is 13.3. The Balaban J connectivity index is 1.61. The molecule has 19 heavy (non-hydrogen) atoms. The topological polar surface area (TPSA) is 52.9 Å². The molecule has 3 aliphatic rings. The van der Waals surface area contributed by atoms with Gasteiger partial charge in [0.05, 0.1) is 18.8 Å². The smallest absolute Gasteiger partial charge is 0.0700 e. The van der Waals surface area contributed by atoms with Gasteiger partial charge in [-0.2, -0.15) is 0 Å². The van der Waals surface area contributed by atoms with Gasteiger partial charge in [-0.1, -0.05) is 12.8 Å². The van der Waals surface area contributed by atoms with E-state index in [1.165, 1.54) is 12.8 Å². The van der Waals surface area contributed by atoms with E-state index < -0.39 is 5.60 Å². The summed E-state index contributed by atoms with van der Waals surface area (Å²) in [5, 5.41) is 20.4. The Morgan fingerprint density at radius 3 is 2.84 bits per heavy atom. The fraction of sp³-hybridized carbons (Fsp3) is 1.00. The second kappa shape index (κ2) is 5.32. The van der Waals surface area contributed by atoms with Gasteiger partial charge in [0.2, 0.25) is 0 Å². The molecule has 2 N–H and O–H groups in total. The standard InChI is InChI=1S/C15H27NO3/c17-11-14(6-8-19-12-14)10-16-7-5-15(18)4-2-1-3-13(15)9-16/h13,17-18H,1-12H2. The van der Waals surface area contributed by atoms with Crippen LogP contribution in [-0.2, 0) is 4.74 Å². The van der Waals surface area contributed by atoms with Crippen LogP contribution in [0.15, 0.2) is 0 Å². The SMILES string of the molecule is OCC1(CN2CCC3(O)CCCCC3C2)CCOC1. The summed E-state index contributed by atoms with van der Waals surface area (Å²) >= 11 is 0. The first-order valence-electron chi connectivity index (χ1n) is 7.79. The molecule has 0 aromatic rings. The van der Waals surface area contributed by atoms with E-state index in [4.69, 9.17) is 4.74 Å². The van der Waals surface area contributed by atoms with Gasteiger partial charge >= 0.3 is 0 Å². The molecular formula is C15H27NO3. The Kier molecular flexibility index (Phi) is 3.87. The molecule has 4 heteroatoms. The van der Waals surface area contributed by atoms with Crippen LogP contribution in [0.4, 0.5) is 0 Å². The Labute approximate surface area is 115 Å². The molecule has 1 aliphatic carbocycles. The summed E-state index contributed by atoms with van der Waals surface area (Å²) in [6.07, 6.45) is 6.46. The monoisotopic (exact) mass is 269 g/mol. The van der Waals surface area contributed by atoms with Crippen LogP contribution >= 0.6 is 0 Å². The van der Waals surface area contributed by atoms with Crippen molar-refractivity contribution < 1.29 is 14.9 Å². The van der Waals surface area contributed by atoms with Crippen molar-refractivity contribution in [3.8, 4) is 0 Å². The van der Waals surface area contributed by atoms with Crippen molar-refractivity contribution in [1.82, 2.24) is 4.90 Å². The van der Waals surface area contributed by atoms with E-state index in [-0.39, 0.29) is 12.0 Å². The van der Waals surface area contributed by atoms with Gasteiger partial charge in [0.1, 0.15) is 0 Å². The minimum Gasteiger partial charge on any atom is -0.396 e. The van der Waals surface area contributed by atoms with E-state index in [9.17, 15) is 10.2 Å². The fourth-order valence-corrected chi connectivity index (χ4v) is 4.21. The number of piperidine rings is 1. The van der Waals surface area contributed by atoms with Crippen LogP contribution in [0.3, 0.4) is 0 Å². The van der Waals surface area contributed by atoms with Gasteiger partial charge in [-0.15, -0.1) is 0 Å². The maximum absolute atomic E-state index is 10.7. The number of nitrogens with zero attached hydrogens (tertiary/aromatic N) is 1. The molecule has 0 spiro atoms. The number of rotatable bonds is 3. The second-order valence-electron chi connectivity index (χ2n) is 6.99. The number of aliphatic hydroxyl groups is 2. The van der Waals surface area contributed by atoms with Gasteiger partial charge in [-0.3, -0.25) is 0 Å². The summed E-state index contributed by atoms with van der Waals surface area (Å²) in [5.74, 6) is 0.438. The van der Waals surface area contributed by atoms with Crippen LogP contribution in [0.5, 0.6) is 0 Å². The Hall–Kier alpha value is -0.160. The quantitative estimate of drug-likeness (QED) is 0.803. The van der Waals surface area contributed by atoms with Gasteiger partial charge < -0.3 is 19.8 Å². The predicted molar refractivity (Wildman–Crippen MR) is 72.9 cm³/mol. The molecule has 2 saturated heterocycles. The highest BCUT2D eigenvalue weighted by atomic mass is 16.5. The van der Waals surface area contributed by atoms with Crippen LogP contribution in [0.1, 0.15) is 38.5 Å². The van der Waals surface area contributed by atoms with Gasteiger partial charge in [-0.05, 0) is 25.7 Å². The second-order valence-corrected chi connectivity index (χ2v) is 6.99. The van der Waals surface area contributed by atoms with Crippen LogP contribution in [0.25, 0.3) is 0 Å². The Morgan fingerprint density at radius 2 is 2.11 bits per heavy atom. The van der Waals surface area contributed by atoms with E-state index in [2.05, 4.69) is 4.90 Å². The molecule has 4 nitrogen and oxygen atoms in total. The number of ether oxygens (including phenoxy) is 1. The third-order valence-electron chi connectivity index (χ3n) is 5.59. The van der Waals surface area contributed by atoms with Gasteiger partial charge in [-0.25, -0.2) is 0 Å². The summed E-state index contributed by atoms with van der Waals surface area (Å²) in [6, 6.07) is 0. The van der Waals surface area contributed by atoms with E-state index in [0.717, 1.165) is 51.9 Å². The van der Waals surface area contributed by atoms with Crippen LogP contribution in [0, 0.1) is 11.3 Å². The summed E-state index contributed by atoms with van der Waals surface area (Å²) in [6.45, 7) is 4.58. The first-order valence-corrected chi connectivity index (χ1v) is 7.79. The molecule has 110 valence electrons. The van der Waals surface area contributed by atoms with Crippen molar-refractivity contribution in [3.05, 3.63) is 0 Å². The summed E-state index contributed by atoms with van der Waals surface area (Å²) in [5.41, 5.74) is -0.447. The lowest BCUT2D eigenvalue weighted by molar-refractivity contribution is -0.103. The van der Waals surface area contributed by atoms with Crippen molar-refractivity contribution in [2.24, 2.45) is 11.3 Å². The van der Waals surface area contributed by atoms with E-state index >= 15 is 0 Å². The largest absolute Gasteiger partial charge is 0.396 e. The first kappa shape index (κ1) is 13.8. The third-order valence-corrected chi connectivity index (χ3v) is 5.59. The van der Waals surface area contributed by atoms with Gasteiger partial charge in [0.25, 0.3) is 0 Å². The normalized spacial score (nSPS) is 44.2. The number of hydrogen-bond donors (Lipinski definition) is 2. The van der Waals surface area contributed by atoms with E-state index in [1.807, 2.05) is 0 Å². The number of likely N-dealkylation sites (tertiary alicyclic amines) is 1. The number of hydrogen-bond acceptors (Lipinski definition) is 4. The fourth-order valence-electron chi connectivity index (χ4n) is 4.21. The third kappa shape index (κ3) is 2.68. The van der Waals surface area contributed by atoms with Crippen molar-refractivity contribution in [1.29, 1.82) is 0 Å². The average molecular weight is 269 g/mol. The molecule has 0 aromatic heterocycles. The van der Waals surface area contributed by atoms with E-state index in [0.29, 0.717) is 12.5 Å². The first-order chi connectivity index (χ1) is 9.16. The molecule has 2 heterocycles. The van der Waals surface area contributed by atoms with Crippen molar-refractivity contribution in [2.45, 2.75) is 44.1 Å². The van der Waals surface area contributed by atoms with Crippen molar-refractivity contribution in [3.63, 3.8) is 0 Å². The minimum atomic E-state index is -0.396. The van der Waals surface area contributed by atoms with E-state index in [1.54, 1.807) is 0 Å². The highest BCUT2D eigenvalue weighted by Gasteiger charge is 2.45. The molecular weight excluding hydrogens is 242 g/mol. The van der Waals surface area contributed by atoms with Crippen LogP contribution in [0.2, 0.25) is 0 Å². The lowest BCUT2D eigenvalue weighted by Gasteiger charge is -2.48. The highest BCUT2D eigenvalue weighted by molar-refractivity contribution is 4.97. The minimum absolute atomic E-state index is 0.0515. The van der Waals surface area contributed by atoms with Gasteiger partial charge in [0.15, 0.2) is 0 Å². The number of fused-ring (bicyclic) bond motifs is 1. The maximum atomic E-state index is 10.7. The molecule has 0 amide bonds. The van der Waals surface area contributed by atoms with Gasteiger partial charge in [0, 0.05) is 37.6 Å². The maximum Gasteiger partial charge on any atom is 0.0700 e. The molecule has 0 aromatic carbocycles. The summed E-state index contributed by atoms with van der Waals surface area (Å²) in [4.78, 5) is 2.45. The zero-order valence-electron chi connectivity index (χ0n) is 11.8. The molecule has 3 rings (SSSR count). The Bertz CT molecular complexity index is 317. The van der Waals surface area contributed by atoms with Crippen molar-refractivity contribution >= 4 is 0 Å². The zero-order valence-corrected chi connectivity index (χ0v) is 11.8. The molecule has 3 unspecified atom stereocenters. The van der Waals surface area contributed by atoms with Crippen LogP contribution < -0.4 is 0 Å². The molecule has 2 aliphatic heterocycles. The molecule has 0 bridgehead atoms. The summed E-state index contributed by atoms with van der Waals surface area (Å²) < 4.78 is 5.48. The lowest BCUT2D eigenvalue weighted by atomic mass is 9.71. The summed E-state index contributed by atoms with van der Waals surface area (Å²) in [7, 11) is 0. The molecule has 1 saturated carbocycles. The predicted octanol–water partition coefficient (Wildman–Crippen LogP) is 1.01. The Morgan fingerprint density at radius 1 is 1.21 bits per heavy atom. The van der Waals surface area contributed by atoms with Crippen LogP contribution in [-0.4, -0.2) is 60.2 Å². The number of aliphatic hydroxyl groups excluding tert-OH is 1. The molecule has 3 fully saturated rings. The lowest BCUT2D eigenvalue weighted by Crippen LogP contribution is -2.55. The molecule has 0 radical (unpaired) electrons. The van der Waals surface area contributed by atoms with Crippen molar-refractivity contribution in [2.75, 3.05) is 39.5 Å². The highest BCUT2D eigenvalue weighted by Crippen LogP contribution is 2.41.